The fourth-order valence-corrected chi connectivity index (χ4v) is 4.13. The molecule has 1 aromatic carbocycles. The van der Waals surface area contributed by atoms with Gasteiger partial charge in [0.05, 0.1) is 30.2 Å². The van der Waals surface area contributed by atoms with Crippen molar-refractivity contribution in [1.29, 1.82) is 5.26 Å². The molecular formula is C19H13ClF3N5O5S. The fourth-order valence-electron chi connectivity index (χ4n) is 2.83. The van der Waals surface area contributed by atoms with Crippen molar-refractivity contribution in [2.75, 3.05) is 5.75 Å². The number of ether oxygens (including phenoxy) is 1. The molecule has 0 bridgehead atoms. The van der Waals surface area contributed by atoms with E-state index in [1.807, 2.05) is 0 Å². The first kappa shape index (κ1) is 25.1. The van der Waals surface area contributed by atoms with Gasteiger partial charge >= 0.3 is 6.18 Å². The van der Waals surface area contributed by atoms with Crippen molar-refractivity contribution in [2.24, 2.45) is 10.2 Å². The van der Waals surface area contributed by atoms with E-state index in [1.54, 1.807) is 6.07 Å². The molecule has 1 aromatic heterocycles. The van der Waals surface area contributed by atoms with Crippen molar-refractivity contribution >= 4 is 27.3 Å². The van der Waals surface area contributed by atoms with Crippen LogP contribution in [-0.2, 0) is 27.4 Å². The molecule has 34 heavy (non-hydrogen) atoms. The molecule has 1 amide bonds. The number of rotatable bonds is 6. The Hall–Kier alpha value is -3.57. The number of azo groups is 1. The van der Waals surface area contributed by atoms with Crippen molar-refractivity contribution in [2.45, 2.75) is 24.9 Å². The molecule has 0 N–H and O–H groups in total. The second kappa shape index (κ2) is 9.35. The summed E-state index contributed by atoms with van der Waals surface area (Å²) in [6, 6.07) is 5.17. The predicted molar refractivity (Wildman–Crippen MR) is 111 cm³/mol. The summed E-state index contributed by atoms with van der Waals surface area (Å²) in [6.45, 7) is 0.773. The van der Waals surface area contributed by atoms with Crippen LogP contribution in [0.25, 0.3) is 0 Å². The van der Waals surface area contributed by atoms with Crippen LogP contribution < -0.4 is 10.3 Å². The lowest BCUT2D eigenvalue weighted by Gasteiger charge is -2.16. The molecule has 0 radical (unpaired) electrons. The zero-order chi connectivity index (χ0) is 25.3. The van der Waals surface area contributed by atoms with E-state index in [0.717, 1.165) is 18.2 Å². The minimum atomic E-state index is -5.07. The summed E-state index contributed by atoms with van der Waals surface area (Å²) in [6.07, 6.45) is -3.53. The average molecular weight is 516 g/mol. The number of sulfone groups is 1. The van der Waals surface area contributed by atoms with Crippen molar-refractivity contribution in [3.8, 4) is 17.6 Å². The molecule has 15 heteroatoms. The Kier molecular flexibility index (Phi) is 6.89. The summed E-state index contributed by atoms with van der Waals surface area (Å²) in [4.78, 5) is 27.9. The van der Waals surface area contributed by atoms with Crippen LogP contribution in [0.5, 0.6) is 11.5 Å². The molecule has 2 heterocycles. The van der Waals surface area contributed by atoms with Crippen molar-refractivity contribution in [3.63, 3.8) is 0 Å². The van der Waals surface area contributed by atoms with Gasteiger partial charge in [-0.15, -0.1) is 5.11 Å². The Balaban J connectivity index is 2.06. The Morgan fingerprint density at radius 2 is 1.94 bits per heavy atom. The third kappa shape index (κ3) is 5.32. The van der Waals surface area contributed by atoms with Crippen LogP contribution in [-0.4, -0.2) is 34.9 Å². The van der Waals surface area contributed by atoms with Crippen molar-refractivity contribution < 1.29 is 31.1 Å². The fraction of sp³-hybridized carbons (Fsp3) is 0.263. The Labute approximate surface area is 194 Å². The first-order valence-electron chi connectivity index (χ1n) is 9.28. The smallest absolute Gasteiger partial charge is 0.437 e. The number of benzene rings is 1. The summed E-state index contributed by atoms with van der Waals surface area (Å²) < 4.78 is 70.5. The maximum atomic E-state index is 13.5. The lowest BCUT2D eigenvalue weighted by molar-refractivity contribution is -0.142. The number of hydrogen-bond donors (Lipinski definition) is 0. The number of allylic oxidation sites excluding steroid dienone is 1. The number of carbonyl (C=O) groups is 1. The highest BCUT2D eigenvalue weighted by atomic mass is 35.5. The molecule has 0 fully saturated rings. The largest absolute Gasteiger partial charge is 0.449 e. The highest BCUT2D eigenvalue weighted by Crippen LogP contribution is 2.35. The maximum Gasteiger partial charge on any atom is 0.437 e. The van der Waals surface area contributed by atoms with E-state index >= 15 is 0 Å². The molecule has 0 saturated heterocycles. The number of alkyl halides is 3. The first-order chi connectivity index (χ1) is 15.9. The molecule has 0 saturated carbocycles. The Morgan fingerprint density at radius 1 is 1.24 bits per heavy atom. The van der Waals surface area contributed by atoms with Crippen LogP contribution in [0.3, 0.4) is 0 Å². The van der Waals surface area contributed by atoms with Gasteiger partial charge in [-0.05, 0) is 24.3 Å². The van der Waals surface area contributed by atoms with Gasteiger partial charge in [0, 0.05) is 10.8 Å². The van der Waals surface area contributed by atoms with Gasteiger partial charge in [-0.2, -0.15) is 23.5 Å². The van der Waals surface area contributed by atoms with Gasteiger partial charge in [0.15, 0.2) is 20.8 Å². The maximum absolute atomic E-state index is 13.5. The van der Waals surface area contributed by atoms with Gasteiger partial charge in [-0.3, -0.25) is 14.2 Å². The zero-order valence-electron chi connectivity index (χ0n) is 17.1. The molecule has 0 spiro atoms. The first-order valence-corrected chi connectivity index (χ1v) is 11.4. The lowest BCUT2D eigenvalue weighted by atomic mass is 10.2. The highest BCUT2D eigenvalue weighted by molar-refractivity contribution is 7.92. The van der Waals surface area contributed by atoms with Crippen LogP contribution in [0, 0.1) is 11.3 Å². The molecule has 1 unspecified atom stereocenters. The standard InChI is InChI=1S/C19H13ClF3N5O5S/c1-2-34(31,32)14-6-12(26-27-17(14)29)8-28-9-25-16(19(21,22)23)15(18(28)30)33-13-4-10(7-24)3-11(20)5-13/h3-6,9,14H,2,8H2,1H3. The molecule has 178 valence electrons. The molecule has 1 aliphatic heterocycles. The third-order valence-corrected chi connectivity index (χ3v) is 6.61. The summed E-state index contributed by atoms with van der Waals surface area (Å²) >= 11 is 5.84. The normalized spacial score (nSPS) is 16.2. The molecule has 1 atom stereocenters. The van der Waals surface area contributed by atoms with Gasteiger partial charge in [-0.25, -0.2) is 13.4 Å². The zero-order valence-corrected chi connectivity index (χ0v) is 18.6. The van der Waals surface area contributed by atoms with Crippen molar-refractivity contribution in [3.05, 3.63) is 62.9 Å². The number of hydrogen-bond acceptors (Lipinski definition) is 8. The van der Waals surface area contributed by atoms with Gasteiger partial charge in [0.25, 0.3) is 11.5 Å². The van der Waals surface area contributed by atoms with Crippen LogP contribution in [0.15, 0.2) is 51.3 Å². The van der Waals surface area contributed by atoms with E-state index in [-0.39, 0.29) is 27.8 Å². The number of carbonyl (C=O) groups excluding carboxylic acids is 1. The molecule has 1 aliphatic rings. The molecule has 2 aromatic rings. The number of nitriles is 1. The van der Waals surface area contributed by atoms with Crippen molar-refractivity contribution in [1.82, 2.24) is 9.55 Å². The van der Waals surface area contributed by atoms with E-state index in [4.69, 9.17) is 21.6 Å². The van der Waals surface area contributed by atoms with Gasteiger partial charge in [0.1, 0.15) is 5.75 Å². The lowest BCUT2D eigenvalue weighted by Crippen LogP contribution is -2.32. The average Bonchev–Trinajstić information content (AvgIpc) is 2.76. The van der Waals surface area contributed by atoms with E-state index < -0.39 is 50.7 Å². The summed E-state index contributed by atoms with van der Waals surface area (Å²) in [5.41, 5.74) is -3.11. The number of nitrogens with zero attached hydrogens (tertiary/aromatic N) is 5. The van der Waals surface area contributed by atoms with E-state index in [9.17, 15) is 31.2 Å². The second-order valence-electron chi connectivity index (χ2n) is 6.81. The molecular weight excluding hydrogens is 503 g/mol. The number of aromatic nitrogens is 2. The summed E-state index contributed by atoms with van der Waals surface area (Å²) in [5.74, 6) is -2.92. The third-order valence-electron chi connectivity index (χ3n) is 4.47. The van der Waals surface area contributed by atoms with Gasteiger partial charge in [-0.1, -0.05) is 18.5 Å². The second-order valence-corrected chi connectivity index (χ2v) is 9.66. The summed E-state index contributed by atoms with van der Waals surface area (Å²) in [7, 11) is -3.89. The SMILES string of the molecule is CCS(=O)(=O)C1C=C(Cn2cnc(C(F)(F)F)c(Oc3cc(Cl)cc(C#N)c3)c2=O)N=NC1=O. The number of amides is 1. The topological polar surface area (TPSA) is 144 Å². The van der Waals surface area contributed by atoms with Gasteiger partial charge < -0.3 is 4.74 Å². The minimum Gasteiger partial charge on any atom is -0.449 e. The van der Waals surface area contributed by atoms with Crippen LogP contribution in [0.4, 0.5) is 13.2 Å². The molecule has 0 aliphatic carbocycles. The van der Waals surface area contributed by atoms with Crippen LogP contribution in [0.2, 0.25) is 5.02 Å². The molecule has 3 rings (SSSR count). The monoisotopic (exact) mass is 515 g/mol. The Bertz CT molecular complexity index is 1430. The minimum absolute atomic E-state index is 0.0209. The van der Waals surface area contributed by atoms with E-state index in [2.05, 4.69) is 15.2 Å². The highest BCUT2D eigenvalue weighted by Gasteiger charge is 2.39. The van der Waals surface area contributed by atoms with E-state index in [0.29, 0.717) is 10.9 Å². The number of halogens is 4. The predicted octanol–water partition coefficient (Wildman–Crippen LogP) is 3.26. The molecule has 10 nitrogen and oxygen atoms in total. The summed E-state index contributed by atoms with van der Waals surface area (Å²) in [5, 5.41) is 14.2. The van der Waals surface area contributed by atoms with Gasteiger partial charge in [0.2, 0.25) is 5.75 Å². The Morgan fingerprint density at radius 3 is 2.56 bits per heavy atom. The van der Waals surface area contributed by atoms with Crippen LogP contribution in [0.1, 0.15) is 18.2 Å². The van der Waals surface area contributed by atoms with Crippen LogP contribution >= 0.6 is 11.6 Å². The quantitative estimate of drug-likeness (QED) is 0.574. The van der Waals surface area contributed by atoms with E-state index in [1.165, 1.54) is 13.0 Å².